The van der Waals surface area contributed by atoms with Gasteiger partial charge in [-0.1, -0.05) is 26.0 Å². The fourth-order valence-corrected chi connectivity index (χ4v) is 2.74. The number of anilines is 1. The van der Waals surface area contributed by atoms with Crippen molar-refractivity contribution in [2.75, 3.05) is 26.6 Å². The largest absolute Gasteiger partial charge is 0.493 e. The molecule has 0 saturated carbocycles. The number of methoxy groups -OCH3 is 3. The minimum atomic E-state index is -0.433. The van der Waals surface area contributed by atoms with Gasteiger partial charge in [-0.15, -0.1) is 0 Å². The van der Waals surface area contributed by atoms with Crippen molar-refractivity contribution in [2.24, 2.45) is 0 Å². The zero-order valence-electron chi connectivity index (χ0n) is 16.6. The number of carbonyl (C=O) groups excluding carboxylic acids is 1. The van der Waals surface area contributed by atoms with Crippen LogP contribution in [0.3, 0.4) is 0 Å². The summed E-state index contributed by atoms with van der Waals surface area (Å²) in [6.07, 6.45) is 0. The lowest BCUT2D eigenvalue weighted by atomic mass is 10.0. The van der Waals surface area contributed by atoms with E-state index in [1.165, 1.54) is 26.9 Å². The SMILES string of the molecule is COc1ccc(C(=O)NNC(=S)Nc2ccc(C(C)C)cc2)c(OC)c1OC. The highest BCUT2D eigenvalue weighted by Crippen LogP contribution is 2.39. The van der Waals surface area contributed by atoms with E-state index < -0.39 is 5.91 Å². The molecule has 0 atom stereocenters. The van der Waals surface area contributed by atoms with Gasteiger partial charge in [0.05, 0.1) is 26.9 Å². The lowest BCUT2D eigenvalue weighted by Crippen LogP contribution is -2.43. The molecule has 3 N–H and O–H groups in total. The van der Waals surface area contributed by atoms with Gasteiger partial charge in [0.15, 0.2) is 16.6 Å². The van der Waals surface area contributed by atoms with Gasteiger partial charge in [0.25, 0.3) is 5.91 Å². The van der Waals surface area contributed by atoms with Crippen LogP contribution in [0.2, 0.25) is 0 Å². The molecular weight excluding hydrogens is 378 g/mol. The number of carbonyl (C=O) groups is 1. The lowest BCUT2D eigenvalue weighted by Gasteiger charge is -2.16. The molecule has 8 heteroatoms. The molecular formula is C20H25N3O4S. The molecule has 0 radical (unpaired) electrons. The summed E-state index contributed by atoms with van der Waals surface area (Å²) in [6.45, 7) is 4.26. The molecule has 0 aliphatic heterocycles. The Morgan fingerprint density at radius 3 is 2.07 bits per heavy atom. The van der Waals surface area contributed by atoms with Crippen molar-refractivity contribution >= 4 is 28.9 Å². The van der Waals surface area contributed by atoms with Gasteiger partial charge >= 0.3 is 0 Å². The Hall–Kier alpha value is -3.00. The molecule has 7 nitrogen and oxygen atoms in total. The third kappa shape index (κ3) is 5.04. The van der Waals surface area contributed by atoms with Gasteiger partial charge < -0.3 is 19.5 Å². The quantitative estimate of drug-likeness (QED) is 0.503. The Balaban J connectivity index is 2.02. The summed E-state index contributed by atoms with van der Waals surface area (Å²) >= 11 is 5.23. The monoisotopic (exact) mass is 403 g/mol. The van der Waals surface area contributed by atoms with E-state index in [9.17, 15) is 4.79 Å². The Bertz CT molecular complexity index is 838. The van der Waals surface area contributed by atoms with Crippen LogP contribution in [0.15, 0.2) is 36.4 Å². The second-order valence-corrected chi connectivity index (χ2v) is 6.60. The van der Waals surface area contributed by atoms with Crippen LogP contribution in [0, 0.1) is 0 Å². The van der Waals surface area contributed by atoms with E-state index in [0.29, 0.717) is 17.4 Å². The molecule has 0 aromatic heterocycles. The smallest absolute Gasteiger partial charge is 0.273 e. The van der Waals surface area contributed by atoms with Crippen LogP contribution < -0.4 is 30.4 Å². The Morgan fingerprint density at radius 1 is 0.893 bits per heavy atom. The number of hydrogen-bond donors (Lipinski definition) is 3. The molecule has 1 amide bonds. The van der Waals surface area contributed by atoms with Crippen molar-refractivity contribution in [1.29, 1.82) is 0 Å². The van der Waals surface area contributed by atoms with Crippen molar-refractivity contribution < 1.29 is 19.0 Å². The number of benzene rings is 2. The molecule has 28 heavy (non-hydrogen) atoms. The Kier molecular flexibility index (Phi) is 7.45. The summed E-state index contributed by atoms with van der Waals surface area (Å²) in [5.41, 5.74) is 7.55. The zero-order valence-corrected chi connectivity index (χ0v) is 17.4. The Morgan fingerprint density at radius 2 is 1.54 bits per heavy atom. The first-order valence-corrected chi connectivity index (χ1v) is 9.08. The maximum absolute atomic E-state index is 12.5. The number of amides is 1. The highest BCUT2D eigenvalue weighted by Gasteiger charge is 2.20. The molecule has 0 bridgehead atoms. The predicted octanol–water partition coefficient (Wildman–Crippen LogP) is 3.47. The fourth-order valence-electron chi connectivity index (χ4n) is 2.57. The van der Waals surface area contributed by atoms with Gasteiger partial charge in [-0.2, -0.15) is 0 Å². The Labute approximate surface area is 170 Å². The van der Waals surface area contributed by atoms with Crippen molar-refractivity contribution in [3.05, 3.63) is 47.5 Å². The molecule has 0 aliphatic rings. The van der Waals surface area contributed by atoms with E-state index in [2.05, 4.69) is 30.0 Å². The van der Waals surface area contributed by atoms with Gasteiger partial charge in [0, 0.05) is 5.69 Å². The second-order valence-electron chi connectivity index (χ2n) is 6.19. The van der Waals surface area contributed by atoms with E-state index in [0.717, 1.165) is 5.69 Å². The first-order chi connectivity index (χ1) is 13.4. The highest BCUT2D eigenvalue weighted by atomic mass is 32.1. The average molecular weight is 404 g/mol. The minimum Gasteiger partial charge on any atom is -0.493 e. The standard InChI is InChI=1S/C20H25N3O4S/c1-12(2)13-6-8-14(9-7-13)21-20(28)23-22-19(24)15-10-11-16(25-3)18(27-5)17(15)26-4/h6-12H,1-5H3,(H,22,24)(H2,21,23,28). The normalized spacial score (nSPS) is 10.2. The number of hydrogen-bond acceptors (Lipinski definition) is 5. The van der Waals surface area contributed by atoms with Crippen LogP contribution in [0.25, 0.3) is 0 Å². The molecule has 0 unspecified atom stereocenters. The maximum Gasteiger partial charge on any atom is 0.273 e. The number of hydrazine groups is 1. The molecule has 0 fully saturated rings. The van der Waals surface area contributed by atoms with E-state index in [1.807, 2.05) is 24.3 Å². The number of nitrogens with one attached hydrogen (secondary N) is 3. The third-order valence-corrected chi connectivity index (χ3v) is 4.28. The van der Waals surface area contributed by atoms with Gasteiger partial charge in [-0.25, -0.2) is 0 Å². The molecule has 2 rings (SSSR count). The molecule has 0 aliphatic carbocycles. The van der Waals surface area contributed by atoms with E-state index in [1.54, 1.807) is 12.1 Å². The highest BCUT2D eigenvalue weighted by molar-refractivity contribution is 7.80. The van der Waals surface area contributed by atoms with Crippen molar-refractivity contribution in [3.8, 4) is 17.2 Å². The lowest BCUT2D eigenvalue weighted by molar-refractivity contribution is 0.0940. The van der Waals surface area contributed by atoms with Gasteiger partial charge in [0.2, 0.25) is 5.75 Å². The summed E-state index contributed by atoms with van der Waals surface area (Å²) in [6, 6.07) is 11.1. The average Bonchev–Trinajstić information content (AvgIpc) is 2.70. The van der Waals surface area contributed by atoms with Crippen LogP contribution in [0.4, 0.5) is 5.69 Å². The van der Waals surface area contributed by atoms with Crippen LogP contribution in [0.5, 0.6) is 17.2 Å². The van der Waals surface area contributed by atoms with Gasteiger partial charge in [-0.3, -0.25) is 15.6 Å². The number of ether oxygens (including phenoxy) is 3. The molecule has 2 aromatic rings. The predicted molar refractivity (Wildman–Crippen MR) is 113 cm³/mol. The molecule has 0 heterocycles. The fraction of sp³-hybridized carbons (Fsp3) is 0.300. The topological polar surface area (TPSA) is 80.9 Å². The minimum absolute atomic E-state index is 0.255. The summed E-state index contributed by atoms with van der Waals surface area (Å²) in [4.78, 5) is 12.5. The molecule has 0 saturated heterocycles. The first kappa shape index (κ1) is 21.3. The maximum atomic E-state index is 12.5. The summed E-state index contributed by atoms with van der Waals surface area (Å²) < 4.78 is 15.8. The van der Waals surface area contributed by atoms with Crippen LogP contribution in [-0.2, 0) is 0 Å². The number of rotatable bonds is 6. The van der Waals surface area contributed by atoms with Crippen LogP contribution in [-0.4, -0.2) is 32.3 Å². The molecule has 0 spiro atoms. The number of thiocarbonyl (C=S) groups is 1. The van der Waals surface area contributed by atoms with Crippen molar-refractivity contribution in [2.45, 2.75) is 19.8 Å². The van der Waals surface area contributed by atoms with Gasteiger partial charge in [-0.05, 0) is 48.0 Å². The molecule has 150 valence electrons. The van der Waals surface area contributed by atoms with E-state index in [4.69, 9.17) is 26.4 Å². The van der Waals surface area contributed by atoms with Crippen LogP contribution >= 0.6 is 12.2 Å². The van der Waals surface area contributed by atoms with Crippen molar-refractivity contribution in [1.82, 2.24) is 10.9 Å². The van der Waals surface area contributed by atoms with Crippen LogP contribution in [0.1, 0.15) is 35.7 Å². The summed E-state index contributed by atoms with van der Waals surface area (Å²) in [7, 11) is 4.44. The molecule has 2 aromatic carbocycles. The zero-order chi connectivity index (χ0) is 20.7. The second kappa shape index (κ2) is 9.80. The first-order valence-electron chi connectivity index (χ1n) is 8.67. The van der Waals surface area contributed by atoms with Gasteiger partial charge in [0.1, 0.15) is 0 Å². The van der Waals surface area contributed by atoms with Crippen molar-refractivity contribution in [3.63, 3.8) is 0 Å². The van der Waals surface area contributed by atoms with E-state index >= 15 is 0 Å². The third-order valence-electron chi connectivity index (χ3n) is 4.07. The summed E-state index contributed by atoms with van der Waals surface area (Å²) in [5.74, 6) is 1.09. The summed E-state index contributed by atoms with van der Waals surface area (Å²) in [5, 5.41) is 3.27. The van der Waals surface area contributed by atoms with E-state index in [-0.39, 0.29) is 16.4 Å².